The number of rotatable bonds is 6. The number of anilines is 1. The number of carbonyl (C=O) groups is 1. The highest BCUT2D eigenvalue weighted by Crippen LogP contribution is 2.35. The van der Waals surface area contributed by atoms with E-state index in [4.69, 9.17) is 16.6 Å². The van der Waals surface area contributed by atoms with Crippen molar-refractivity contribution in [3.8, 4) is 0 Å². The van der Waals surface area contributed by atoms with Crippen molar-refractivity contribution in [1.82, 2.24) is 9.29 Å². The summed E-state index contributed by atoms with van der Waals surface area (Å²) in [6.07, 6.45) is 1.96. The third-order valence-corrected chi connectivity index (χ3v) is 10.7. The van der Waals surface area contributed by atoms with Crippen LogP contribution >= 0.6 is 34.3 Å². The van der Waals surface area contributed by atoms with Gasteiger partial charge >= 0.3 is 0 Å². The molecule has 1 unspecified atom stereocenters. The normalized spacial score (nSPS) is 17.0. The second-order valence-electron chi connectivity index (χ2n) is 8.56. The van der Waals surface area contributed by atoms with Crippen molar-refractivity contribution in [3.63, 3.8) is 0 Å². The average Bonchev–Trinajstić information content (AvgIpc) is 3.49. The SMILES string of the molecule is Cc1ccc2nc(N(Cc3ccccc3)C(=O)C3CCCCN3S(=O)(=O)c3ccc(Cl)s3)sc2c1. The highest BCUT2D eigenvalue weighted by molar-refractivity contribution is 7.91. The van der Waals surface area contributed by atoms with E-state index in [9.17, 15) is 13.2 Å². The number of nitrogens with zero attached hydrogens (tertiary/aromatic N) is 3. The fraction of sp³-hybridized carbons (Fsp3) is 0.280. The maximum absolute atomic E-state index is 14.1. The summed E-state index contributed by atoms with van der Waals surface area (Å²) in [6, 6.07) is 18.0. The molecule has 4 aromatic rings. The van der Waals surface area contributed by atoms with Crippen molar-refractivity contribution < 1.29 is 13.2 Å². The first kappa shape index (κ1) is 24.4. The van der Waals surface area contributed by atoms with Crippen LogP contribution < -0.4 is 4.90 Å². The fourth-order valence-electron chi connectivity index (χ4n) is 4.31. The Balaban J connectivity index is 1.54. The molecule has 1 atom stereocenters. The Morgan fingerprint density at radius 2 is 1.91 bits per heavy atom. The Morgan fingerprint density at radius 1 is 1.11 bits per heavy atom. The minimum absolute atomic E-state index is 0.160. The molecule has 35 heavy (non-hydrogen) atoms. The second-order valence-corrected chi connectivity index (χ2v) is 13.4. The third-order valence-electron chi connectivity index (χ3n) is 6.06. The number of thiophene rings is 1. The number of fused-ring (bicyclic) bond motifs is 1. The topological polar surface area (TPSA) is 70.6 Å². The molecule has 1 fully saturated rings. The molecule has 0 bridgehead atoms. The van der Waals surface area contributed by atoms with Crippen LogP contribution in [0.2, 0.25) is 4.34 Å². The molecule has 1 saturated heterocycles. The minimum atomic E-state index is -3.85. The van der Waals surface area contributed by atoms with Gasteiger partial charge in [0.25, 0.3) is 10.0 Å². The van der Waals surface area contributed by atoms with Crippen LogP contribution in [-0.2, 0) is 21.4 Å². The van der Waals surface area contributed by atoms with Crippen molar-refractivity contribution in [2.45, 2.75) is 43.0 Å². The van der Waals surface area contributed by atoms with Gasteiger partial charge in [0.1, 0.15) is 10.3 Å². The molecule has 0 aliphatic carbocycles. The summed E-state index contributed by atoms with van der Waals surface area (Å²) >= 11 is 8.49. The van der Waals surface area contributed by atoms with Gasteiger partial charge in [-0.25, -0.2) is 13.4 Å². The first-order valence-corrected chi connectivity index (χ1v) is 14.8. The fourth-order valence-corrected chi connectivity index (χ4v) is 8.64. The quantitative estimate of drug-likeness (QED) is 0.294. The maximum Gasteiger partial charge on any atom is 0.253 e. The summed E-state index contributed by atoms with van der Waals surface area (Å²) < 4.78 is 29.9. The number of halogens is 1. The van der Waals surface area contributed by atoms with E-state index in [2.05, 4.69) is 6.07 Å². The van der Waals surface area contributed by atoms with Crippen LogP contribution in [0.3, 0.4) is 0 Å². The Labute approximate surface area is 217 Å². The van der Waals surface area contributed by atoms with Crippen LogP contribution in [0.4, 0.5) is 5.13 Å². The summed E-state index contributed by atoms with van der Waals surface area (Å²) in [5.41, 5.74) is 2.89. The molecule has 0 N–H and O–H groups in total. The average molecular weight is 546 g/mol. The summed E-state index contributed by atoms with van der Waals surface area (Å²) in [7, 11) is -3.85. The Bertz CT molecular complexity index is 1470. The first-order chi connectivity index (χ1) is 16.8. The summed E-state index contributed by atoms with van der Waals surface area (Å²) in [5, 5.41) is 0.571. The molecule has 2 aromatic heterocycles. The number of hydrogen-bond acceptors (Lipinski definition) is 6. The van der Waals surface area contributed by atoms with Gasteiger partial charge in [-0.15, -0.1) is 11.3 Å². The van der Waals surface area contributed by atoms with Gasteiger partial charge in [0.15, 0.2) is 5.13 Å². The van der Waals surface area contributed by atoms with Gasteiger partial charge in [0, 0.05) is 6.54 Å². The number of aryl methyl sites for hydroxylation is 1. The summed E-state index contributed by atoms with van der Waals surface area (Å²) in [4.78, 5) is 20.5. The molecule has 10 heteroatoms. The van der Waals surface area contributed by atoms with Crippen molar-refractivity contribution in [2.75, 3.05) is 11.4 Å². The van der Waals surface area contributed by atoms with Gasteiger partial charge in [0.05, 0.1) is 21.1 Å². The van der Waals surface area contributed by atoms with E-state index < -0.39 is 16.1 Å². The van der Waals surface area contributed by atoms with Crippen LogP contribution in [0.15, 0.2) is 64.9 Å². The number of hydrogen-bond donors (Lipinski definition) is 0. The molecule has 2 aromatic carbocycles. The minimum Gasteiger partial charge on any atom is -0.282 e. The predicted octanol–water partition coefficient (Wildman–Crippen LogP) is 6.10. The van der Waals surface area contributed by atoms with E-state index in [1.807, 2.05) is 49.4 Å². The van der Waals surface area contributed by atoms with Crippen LogP contribution in [0.1, 0.15) is 30.4 Å². The molecule has 1 aliphatic rings. The van der Waals surface area contributed by atoms with Crippen molar-refractivity contribution in [1.29, 1.82) is 0 Å². The van der Waals surface area contributed by atoms with Crippen LogP contribution in [0.5, 0.6) is 0 Å². The zero-order valence-corrected chi connectivity index (χ0v) is 22.3. The number of benzene rings is 2. The van der Waals surface area contributed by atoms with E-state index >= 15 is 0 Å². The standard InChI is InChI=1S/C25H24ClN3O3S3/c1-17-10-11-19-21(15-17)33-25(27-19)28(16-18-7-3-2-4-8-18)24(30)20-9-5-6-14-29(20)35(31,32)23-13-12-22(26)34-23/h2-4,7-8,10-13,15,20H,5-6,9,14,16H2,1H3. The number of amides is 1. The monoisotopic (exact) mass is 545 g/mol. The van der Waals surface area contributed by atoms with Gasteiger partial charge in [-0.1, -0.05) is 65.8 Å². The summed E-state index contributed by atoms with van der Waals surface area (Å²) in [6.45, 7) is 2.63. The van der Waals surface area contributed by atoms with E-state index in [1.165, 1.54) is 21.7 Å². The highest BCUT2D eigenvalue weighted by Gasteiger charge is 2.41. The lowest BCUT2D eigenvalue weighted by Crippen LogP contribution is -2.52. The molecule has 182 valence electrons. The molecule has 6 nitrogen and oxygen atoms in total. The van der Waals surface area contributed by atoms with E-state index in [0.717, 1.165) is 39.1 Å². The van der Waals surface area contributed by atoms with Crippen LogP contribution in [0.25, 0.3) is 10.2 Å². The van der Waals surface area contributed by atoms with Crippen LogP contribution in [-0.4, -0.2) is 36.2 Å². The number of thiazole rings is 1. The third kappa shape index (κ3) is 5.01. The lowest BCUT2D eigenvalue weighted by molar-refractivity contribution is -0.123. The van der Waals surface area contributed by atoms with E-state index in [0.29, 0.717) is 35.4 Å². The molecule has 1 aliphatic heterocycles. The lowest BCUT2D eigenvalue weighted by atomic mass is 10.0. The molecule has 0 spiro atoms. The number of aromatic nitrogens is 1. The molecular weight excluding hydrogens is 522 g/mol. The Hall–Kier alpha value is -2.30. The summed E-state index contributed by atoms with van der Waals surface area (Å²) in [5.74, 6) is -0.254. The number of sulfonamides is 1. The van der Waals surface area contributed by atoms with E-state index in [1.54, 1.807) is 11.0 Å². The van der Waals surface area contributed by atoms with Gasteiger partial charge < -0.3 is 0 Å². The first-order valence-electron chi connectivity index (χ1n) is 11.3. The Kier molecular flexibility index (Phi) is 6.96. The maximum atomic E-state index is 14.1. The van der Waals surface area contributed by atoms with E-state index in [-0.39, 0.29) is 10.1 Å². The highest BCUT2D eigenvalue weighted by atomic mass is 35.5. The predicted molar refractivity (Wildman–Crippen MR) is 143 cm³/mol. The van der Waals surface area contributed by atoms with Crippen molar-refractivity contribution >= 4 is 65.6 Å². The largest absolute Gasteiger partial charge is 0.282 e. The van der Waals surface area contributed by atoms with Crippen LogP contribution in [0, 0.1) is 6.92 Å². The number of carbonyl (C=O) groups excluding carboxylic acids is 1. The number of piperidine rings is 1. The van der Waals surface area contributed by atoms with Crippen molar-refractivity contribution in [2.24, 2.45) is 0 Å². The zero-order chi connectivity index (χ0) is 24.6. The Morgan fingerprint density at radius 3 is 2.66 bits per heavy atom. The van der Waals surface area contributed by atoms with Gasteiger partial charge in [-0.3, -0.25) is 9.69 Å². The molecule has 5 rings (SSSR count). The molecule has 3 heterocycles. The van der Waals surface area contributed by atoms with Crippen molar-refractivity contribution in [3.05, 3.63) is 76.1 Å². The zero-order valence-electron chi connectivity index (χ0n) is 19.1. The lowest BCUT2D eigenvalue weighted by Gasteiger charge is -2.35. The van der Waals surface area contributed by atoms with Gasteiger partial charge in [-0.2, -0.15) is 4.31 Å². The molecule has 0 saturated carbocycles. The molecule has 0 radical (unpaired) electrons. The van der Waals surface area contributed by atoms with Gasteiger partial charge in [-0.05, 0) is 55.2 Å². The molecular formula is C25H24ClN3O3S3. The van der Waals surface area contributed by atoms with Gasteiger partial charge in [0.2, 0.25) is 5.91 Å². The second kappa shape index (κ2) is 9.99. The smallest absolute Gasteiger partial charge is 0.253 e. The molecule has 1 amide bonds.